The number of unbranched alkanes of at least 4 members (excludes halogenated alkanes) is 1. The van der Waals surface area contributed by atoms with Crippen LogP contribution in [0, 0.1) is 0 Å². The van der Waals surface area contributed by atoms with E-state index in [1.54, 1.807) is 0 Å². The molecule has 0 aromatic heterocycles. The first-order chi connectivity index (χ1) is 11.8. The zero-order valence-electron chi connectivity index (χ0n) is 15.5. The van der Waals surface area contributed by atoms with Gasteiger partial charge < -0.3 is 29.2 Å². The number of fused-ring (bicyclic) bond motifs is 1. The molecule has 0 spiro atoms. The molecule has 0 aliphatic carbocycles. The third kappa shape index (κ3) is 11.9. The van der Waals surface area contributed by atoms with Crippen molar-refractivity contribution in [3.8, 4) is 11.5 Å². The predicted molar refractivity (Wildman–Crippen MR) is 111 cm³/mol. The summed E-state index contributed by atoms with van der Waals surface area (Å²) in [6.07, 6.45) is 4.38. The Balaban J connectivity index is 0. The monoisotopic (exact) mass is 420 g/mol. The van der Waals surface area contributed by atoms with E-state index in [1.807, 2.05) is 6.07 Å². The summed E-state index contributed by atoms with van der Waals surface area (Å²) in [5.74, 6) is 1.66. The Labute approximate surface area is 228 Å². The molecule has 27 heavy (non-hydrogen) atoms. The van der Waals surface area contributed by atoms with E-state index in [1.165, 1.54) is 11.1 Å². The van der Waals surface area contributed by atoms with Crippen molar-refractivity contribution in [1.29, 1.82) is 0 Å². The average Bonchev–Trinajstić information content (AvgIpc) is 3.04. The second-order valence-electron chi connectivity index (χ2n) is 5.86. The van der Waals surface area contributed by atoms with Crippen molar-refractivity contribution >= 4 is 80.9 Å². The molecule has 0 saturated heterocycles. The van der Waals surface area contributed by atoms with Gasteiger partial charge in [-0.25, -0.2) is 0 Å². The van der Waals surface area contributed by atoms with Crippen LogP contribution in [-0.4, -0.2) is 126 Å². The zero-order valence-corrected chi connectivity index (χ0v) is 15.5. The summed E-state index contributed by atoms with van der Waals surface area (Å²) in [5.41, 5.74) is 2.44. The summed E-state index contributed by atoms with van der Waals surface area (Å²) in [6, 6.07) is 4.12. The van der Waals surface area contributed by atoms with Gasteiger partial charge in [0.1, 0.15) is 0 Å². The molecule has 1 aliphatic rings. The molecular formula is C19H34KNaO6. The van der Waals surface area contributed by atoms with Gasteiger partial charge in [0.2, 0.25) is 6.79 Å². The topological polar surface area (TPSA) is 77.7 Å². The van der Waals surface area contributed by atoms with Gasteiger partial charge in [-0.3, -0.25) is 0 Å². The number of hydrogen-bond acceptors (Lipinski definition) is 5. The van der Waals surface area contributed by atoms with E-state index in [2.05, 4.69) is 19.9 Å². The predicted octanol–water partition coefficient (Wildman–Crippen LogP) is 1.60. The van der Waals surface area contributed by atoms with Gasteiger partial charge in [0.15, 0.2) is 11.5 Å². The van der Waals surface area contributed by atoms with Crippen molar-refractivity contribution in [1.82, 2.24) is 0 Å². The van der Waals surface area contributed by atoms with E-state index in [0.29, 0.717) is 39.8 Å². The van der Waals surface area contributed by atoms with Crippen LogP contribution in [0.15, 0.2) is 12.1 Å². The molecule has 148 valence electrons. The fraction of sp³-hybridized carbons (Fsp3) is 0.684. The molecule has 0 unspecified atom stereocenters. The fourth-order valence-corrected chi connectivity index (χ4v) is 2.53. The molecule has 6 nitrogen and oxygen atoms in total. The summed E-state index contributed by atoms with van der Waals surface area (Å²) in [5, 5.41) is 0. The quantitative estimate of drug-likeness (QED) is 0.358. The molecule has 1 aromatic carbocycles. The molecule has 0 atom stereocenters. The minimum absolute atomic E-state index is 0. The maximum absolute atomic E-state index is 5.75. The van der Waals surface area contributed by atoms with Crippen LogP contribution in [0.4, 0.5) is 0 Å². The maximum atomic E-state index is 5.75. The van der Waals surface area contributed by atoms with Gasteiger partial charge in [-0.2, -0.15) is 0 Å². The van der Waals surface area contributed by atoms with Gasteiger partial charge in [0, 0.05) is 6.61 Å². The van der Waals surface area contributed by atoms with Crippen LogP contribution in [-0.2, 0) is 27.2 Å². The summed E-state index contributed by atoms with van der Waals surface area (Å²) in [7, 11) is 0. The minimum atomic E-state index is 0. The molecule has 1 heterocycles. The second-order valence-corrected chi connectivity index (χ2v) is 5.86. The normalized spacial score (nSPS) is 11.3. The van der Waals surface area contributed by atoms with Gasteiger partial charge in [-0.15, -0.1) is 0 Å². The van der Waals surface area contributed by atoms with Gasteiger partial charge in [-0.05, 0) is 36.1 Å². The zero-order chi connectivity index (χ0) is 17.0. The molecule has 8 heteroatoms. The van der Waals surface area contributed by atoms with Crippen LogP contribution in [0.2, 0.25) is 0 Å². The molecule has 0 saturated carbocycles. The Kier molecular flexibility index (Phi) is 21.8. The molecule has 0 radical (unpaired) electrons. The van der Waals surface area contributed by atoms with Crippen LogP contribution in [0.25, 0.3) is 0 Å². The molecule has 2 rings (SSSR count). The summed E-state index contributed by atoms with van der Waals surface area (Å²) in [4.78, 5) is 0. The molecule has 2 N–H and O–H groups in total. The van der Waals surface area contributed by atoms with Gasteiger partial charge in [-0.1, -0.05) is 26.7 Å². The number of benzene rings is 1. The van der Waals surface area contributed by atoms with E-state index in [9.17, 15) is 0 Å². The molecule has 1 aromatic rings. The van der Waals surface area contributed by atoms with Crippen LogP contribution in [0.3, 0.4) is 0 Å². The summed E-state index contributed by atoms with van der Waals surface area (Å²) in [6.45, 7) is 8.47. The first-order valence-electron chi connectivity index (χ1n) is 8.99. The molecule has 0 bridgehead atoms. The fourth-order valence-electron chi connectivity index (χ4n) is 2.53. The third-order valence-corrected chi connectivity index (χ3v) is 3.86. The van der Waals surface area contributed by atoms with Gasteiger partial charge in [0.05, 0.1) is 33.0 Å². The van der Waals surface area contributed by atoms with E-state index < -0.39 is 0 Å². The van der Waals surface area contributed by atoms with E-state index >= 15 is 0 Å². The Bertz CT molecular complexity index is 490. The first kappa shape index (κ1) is 30.5. The van der Waals surface area contributed by atoms with Crippen LogP contribution in [0.5, 0.6) is 11.5 Å². The third-order valence-electron chi connectivity index (χ3n) is 3.86. The van der Waals surface area contributed by atoms with E-state index in [4.69, 9.17) is 23.7 Å². The molecule has 1 aliphatic heterocycles. The Hall–Kier alpha value is 1.30. The van der Waals surface area contributed by atoms with Crippen LogP contribution < -0.4 is 9.47 Å². The Morgan fingerprint density at radius 1 is 0.815 bits per heavy atom. The van der Waals surface area contributed by atoms with Crippen molar-refractivity contribution in [2.45, 2.75) is 46.1 Å². The van der Waals surface area contributed by atoms with Crippen LogP contribution in [0.1, 0.15) is 44.2 Å². The second kappa shape index (κ2) is 19.3. The summed E-state index contributed by atoms with van der Waals surface area (Å²) >= 11 is 0. The number of rotatable bonds is 13. The van der Waals surface area contributed by atoms with Crippen molar-refractivity contribution in [2.75, 3.05) is 39.8 Å². The first-order valence-corrected chi connectivity index (χ1v) is 8.99. The average molecular weight is 421 g/mol. The van der Waals surface area contributed by atoms with E-state index in [0.717, 1.165) is 43.8 Å². The Morgan fingerprint density at radius 2 is 1.37 bits per heavy atom. The number of hydrogen-bond donors (Lipinski definition) is 0. The number of aryl methyl sites for hydroxylation is 1. The Morgan fingerprint density at radius 3 is 1.96 bits per heavy atom. The molecule has 0 fully saturated rings. The van der Waals surface area contributed by atoms with E-state index in [-0.39, 0.29) is 86.4 Å². The number of ether oxygens (including phenoxy) is 5. The SMILES string of the molecule is CCCCOCCOCCOCc1cc2c(cc1CCC)OCO2.O.[KH].[NaH]. The van der Waals surface area contributed by atoms with Crippen molar-refractivity contribution in [2.24, 2.45) is 0 Å². The van der Waals surface area contributed by atoms with Crippen molar-refractivity contribution in [3.63, 3.8) is 0 Å². The van der Waals surface area contributed by atoms with Gasteiger partial charge in [0.25, 0.3) is 0 Å². The molecular weight excluding hydrogens is 386 g/mol. The van der Waals surface area contributed by atoms with Crippen molar-refractivity contribution in [3.05, 3.63) is 23.3 Å². The standard InChI is InChI=1S/C19H30O5.K.Na.H2O.2H/c1-3-5-7-20-8-9-21-10-11-22-14-17-13-19-18(23-15-24-19)12-16(17)6-4-2;;;;;/h12-13H,3-11,14-15H2,1-2H3;;;1H2;;. The molecule has 0 amide bonds. The summed E-state index contributed by atoms with van der Waals surface area (Å²) < 4.78 is 27.6. The van der Waals surface area contributed by atoms with Gasteiger partial charge >= 0.3 is 80.9 Å². The van der Waals surface area contributed by atoms with Crippen LogP contribution >= 0.6 is 0 Å². The van der Waals surface area contributed by atoms with Crippen molar-refractivity contribution < 1.29 is 29.2 Å².